The molecule has 0 aliphatic carbocycles. The van der Waals surface area contributed by atoms with Crippen LogP contribution in [0.4, 0.5) is 17.6 Å². The van der Waals surface area contributed by atoms with Crippen LogP contribution in [-0.4, -0.2) is 9.97 Å². The Morgan fingerprint density at radius 3 is 2.40 bits per heavy atom. The maximum atomic E-state index is 13.1. The van der Waals surface area contributed by atoms with E-state index in [0.717, 1.165) is 6.07 Å². The molecule has 106 valence electrons. The Hall–Kier alpha value is -1.41. The summed E-state index contributed by atoms with van der Waals surface area (Å²) in [7, 11) is 0. The Balaban J connectivity index is 2.36. The Labute approximate surface area is 123 Å². The number of hydrogen-bond donors (Lipinski definition) is 0. The molecule has 1 aromatic carbocycles. The summed E-state index contributed by atoms with van der Waals surface area (Å²) >= 11 is 8.43. The van der Waals surface area contributed by atoms with Crippen molar-refractivity contribution >= 4 is 27.5 Å². The summed E-state index contributed by atoms with van der Waals surface area (Å²) in [5.41, 5.74) is -1.25. The summed E-state index contributed by atoms with van der Waals surface area (Å²) in [6.07, 6.45) is -4.69. The smallest absolute Gasteiger partial charge is 0.433 e. The summed E-state index contributed by atoms with van der Waals surface area (Å²) in [5, 5.41) is -0.620. The molecule has 9 heteroatoms. The number of aromatic nitrogens is 2. The standard InChI is InChI=1S/C11H4BrClF4N2O/c12-5-1-6(14)3-7(2-5)20-9-4-8(11(15,16)17)18-10(13)19-9/h1-4H. The largest absolute Gasteiger partial charge is 0.439 e. The van der Waals surface area contributed by atoms with Gasteiger partial charge in [-0.25, -0.2) is 9.37 Å². The van der Waals surface area contributed by atoms with E-state index in [1.807, 2.05) is 0 Å². The molecule has 0 spiro atoms. The lowest BCUT2D eigenvalue weighted by Crippen LogP contribution is -2.09. The lowest BCUT2D eigenvalue weighted by molar-refractivity contribution is -0.141. The number of ether oxygens (including phenoxy) is 1. The molecular formula is C11H4BrClF4N2O. The lowest BCUT2D eigenvalue weighted by atomic mass is 10.3. The first-order valence-corrected chi connectivity index (χ1v) is 6.17. The average Bonchev–Trinajstić information content (AvgIpc) is 2.25. The van der Waals surface area contributed by atoms with Gasteiger partial charge in [0.05, 0.1) is 0 Å². The van der Waals surface area contributed by atoms with Crippen LogP contribution >= 0.6 is 27.5 Å². The van der Waals surface area contributed by atoms with E-state index < -0.39 is 28.9 Å². The molecule has 0 saturated carbocycles. The minimum atomic E-state index is -4.69. The van der Waals surface area contributed by atoms with Crippen LogP contribution in [0.1, 0.15) is 5.69 Å². The molecule has 0 bridgehead atoms. The van der Waals surface area contributed by atoms with Crippen LogP contribution in [0.15, 0.2) is 28.7 Å². The summed E-state index contributed by atoms with van der Waals surface area (Å²) in [6, 6.07) is 4.10. The first kappa shape index (κ1) is 15.0. The van der Waals surface area contributed by atoms with Crippen LogP contribution in [0.5, 0.6) is 11.6 Å². The predicted octanol–water partition coefficient (Wildman–Crippen LogP) is 4.84. The number of rotatable bonds is 2. The van der Waals surface area contributed by atoms with Crippen molar-refractivity contribution in [2.45, 2.75) is 6.18 Å². The third-order valence-corrected chi connectivity index (χ3v) is 2.65. The van der Waals surface area contributed by atoms with E-state index >= 15 is 0 Å². The molecule has 0 atom stereocenters. The molecule has 0 unspecified atom stereocenters. The van der Waals surface area contributed by atoms with Crippen LogP contribution in [-0.2, 0) is 6.18 Å². The SMILES string of the molecule is Fc1cc(Br)cc(Oc2cc(C(F)(F)F)nc(Cl)n2)c1. The van der Waals surface area contributed by atoms with E-state index in [4.69, 9.17) is 16.3 Å². The Kier molecular flexibility index (Phi) is 4.14. The van der Waals surface area contributed by atoms with Crippen LogP contribution in [0.25, 0.3) is 0 Å². The molecule has 0 amide bonds. The molecule has 0 aliphatic rings. The third-order valence-electron chi connectivity index (χ3n) is 2.02. The fourth-order valence-corrected chi connectivity index (χ4v) is 1.92. The Morgan fingerprint density at radius 2 is 1.80 bits per heavy atom. The van der Waals surface area contributed by atoms with Gasteiger partial charge in [0.2, 0.25) is 11.2 Å². The van der Waals surface area contributed by atoms with Gasteiger partial charge in [-0.2, -0.15) is 18.2 Å². The highest BCUT2D eigenvalue weighted by Gasteiger charge is 2.34. The molecule has 0 saturated heterocycles. The average molecular weight is 372 g/mol. The van der Waals surface area contributed by atoms with Gasteiger partial charge in [0.1, 0.15) is 11.6 Å². The van der Waals surface area contributed by atoms with Crippen molar-refractivity contribution in [2.24, 2.45) is 0 Å². The van der Waals surface area contributed by atoms with Crippen molar-refractivity contribution in [3.63, 3.8) is 0 Å². The highest BCUT2D eigenvalue weighted by Crippen LogP contribution is 2.32. The zero-order valence-corrected chi connectivity index (χ0v) is 11.7. The highest BCUT2D eigenvalue weighted by molar-refractivity contribution is 9.10. The van der Waals surface area contributed by atoms with Crippen LogP contribution in [0.3, 0.4) is 0 Å². The zero-order valence-electron chi connectivity index (χ0n) is 9.38. The second kappa shape index (κ2) is 5.53. The summed E-state index contributed by atoms with van der Waals surface area (Å²) < 4.78 is 56.2. The van der Waals surface area contributed by atoms with Crippen LogP contribution in [0, 0.1) is 5.82 Å². The zero-order chi connectivity index (χ0) is 14.9. The molecular weight excluding hydrogens is 367 g/mol. The number of halogens is 6. The van der Waals surface area contributed by atoms with Gasteiger partial charge in [0.15, 0.2) is 5.69 Å². The van der Waals surface area contributed by atoms with Gasteiger partial charge in [0.25, 0.3) is 0 Å². The van der Waals surface area contributed by atoms with E-state index in [1.165, 1.54) is 12.1 Å². The molecule has 2 rings (SSSR count). The maximum absolute atomic E-state index is 13.1. The van der Waals surface area contributed by atoms with Crippen molar-refractivity contribution in [2.75, 3.05) is 0 Å². The summed E-state index contributed by atoms with van der Waals surface area (Å²) in [6.45, 7) is 0. The predicted molar refractivity (Wildman–Crippen MR) is 66.2 cm³/mol. The monoisotopic (exact) mass is 370 g/mol. The molecule has 2 aromatic rings. The quantitative estimate of drug-likeness (QED) is 0.559. The summed E-state index contributed by atoms with van der Waals surface area (Å²) in [4.78, 5) is 6.54. The maximum Gasteiger partial charge on any atom is 0.433 e. The molecule has 0 aliphatic heterocycles. The van der Waals surface area contributed by atoms with E-state index in [9.17, 15) is 17.6 Å². The molecule has 1 aromatic heterocycles. The van der Waals surface area contributed by atoms with E-state index in [1.54, 1.807) is 0 Å². The number of alkyl halides is 3. The van der Waals surface area contributed by atoms with E-state index in [0.29, 0.717) is 10.5 Å². The van der Waals surface area contributed by atoms with E-state index in [-0.39, 0.29) is 5.75 Å². The molecule has 0 N–H and O–H groups in total. The van der Waals surface area contributed by atoms with Gasteiger partial charge >= 0.3 is 6.18 Å². The van der Waals surface area contributed by atoms with Crippen molar-refractivity contribution in [1.82, 2.24) is 9.97 Å². The van der Waals surface area contributed by atoms with E-state index in [2.05, 4.69) is 25.9 Å². The lowest BCUT2D eigenvalue weighted by Gasteiger charge is -2.09. The molecule has 3 nitrogen and oxygen atoms in total. The van der Waals surface area contributed by atoms with Crippen molar-refractivity contribution in [3.8, 4) is 11.6 Å². The highest BCUT2D eigenvalue weighted by atomic mass is 79.9. The second-order valence-corrected chi connectivity index (χ2v) is 4.82. The molecule has 20 heavy (non-hydrogen) atoms. The normalized spacial score (nSPS) is 11.5. The summed E-state index contributed by atoms with van der Waals surface area (Å²) in [5.74, 6) is -1.08. The van der Waals surface area contributed by atoms with Gasteiger partial charge in [-0.15, -0.1) is 0 Å². The molecule has 0 fully saturated rings. The van der Waals surface area contributed by atoms with Gasteiger partial charge < -0.3 is 4.74 Å². The van der Waals surface area contributed by atoms with Gasteiger partial charge in [-0.3, -0.25) is 0 Å². The number of benzene rings is 1. The van der Waals surface area contributed by atoms with Crippen molar-refractivity contribution in [3.05, 3.63) is 45.5 Å². The fourth-order valence-electron chi connectivity index (χ4n) is 1.30. The van der Waals surface area contributed by atoms with Gasteiger partial charge in [-0.1, -0.05) is 15.9 Å². The van der Waals surface area contributed by atoms with Crippen molar-refractivity contribution < 1.29 is 22.3 Å². The molecule has 0 radical (unpaired) electrons. The third kappa shape index (κ3) is 3.80. The fraction of sp³-hybridized carbons (Fsp3) is 0.0909. The van der Waals surface area contributed by atoms with Crippen LogP contribution in [0.2, 0.25) is 5.28 Å². The minimum Gasteiger partial charge on any atom is -0.439 e. The van der Waals surface area contributed by atoms with Gasteiger partial charge in [-0.05, 0) is 23.7 Å². The van der Waals surface area contributed by atoms with Crippen LogP contribution < -0.4 is 4.74 Å². The van der Waals surface area contributed by atoms with Gasteiger partial charge in [0, 0.05) is 16.6 Å². The topological polar surface area (TPSA) is 35.0 Å². The first-order chi connectivity index (χ1) is 9.24. The Bertz CT molecular complexity index is 631. The second-order valence-electron chi connectivity index (χ2n) is 3.57. The number of nitrogens with zero attached hydrogens (tertiary/aromatic N) is 2. The molecule has 1 heterocycles. The first-order valence-electron chi connectivity index (χ1n) is 5.00. The number of hydrogen-bond acceptors (Lipinski definition) is 3. The van der Waals surface area contributed by atoms with Crippen molar-refractivity contribution in [1.29, 1.82) is 0 Å². The minimum absolute atomic E-state index is 0.0280. The Morgan fingerprint density at radius 1 is 1.10 bits per heavy atom.